The Labute approximate surface area is 458 Å². The van der Waals surface area contributed by atoms with Crippen molar-refractivity contribution in [2.24, 2.45) is 5.92 Å². The van der Waals surface area contributed by atoms with Gasteiger partial charge in [0, 0.05) is 0 Å². The van der Waals surface area contributed by atoms with E-state index in [2.05, 4.69) is 32.9 Å². The molecule has 0 fully saturated rings. The molecule has 434 valence electrons. The van der Waals surface area contributed by atoms with Gasteiger partial charge in [-0.05, 0) is 95.2 Å². The van der Waals surface area contributed by atoms with Gasteiger partial charge in [0.1, 0.15) is 0 Å². The molecule has 0 amide bonds. The summed E-state index contributed by atoms with van der Waals surface area (Å²) in [6.07, 6.45) is 14.0. The van der Waals surface area contributed by atoms with Crippen LogP contribution in [-0.4, -0.2) is 204 Å². The third-order valence-corrected chi connectivity index (χ3v) is 110. The second-order valence-corrected chi connectivity index (χ2v) is 83.4. The van der Waals surface area contributed by atoms with E-state index in [1.165, 1.54) is 103 Å². The van der Waals surface area contributed by atoms with Gasteiger partial charge < -0.3 is 93.9 Å². The van der Waals surface area contributed by atoms with E-state index in [0.29, 0.717) is 0 Å². The first-order valence-electron chi connectivity index (χ1n) is 25.6. The fourth-order valence-corrected chi connectivity index (χ4v) is 101. The summed E-state index contributed by atoms with van der Waals surface area (Å²) in [6, 6.07) is 4.41. The van der Waals surface area contributed by atoms with E-state index >= 15 is 0 Å². The molecule has 20 nitrogen and oxygen atoms in total. The molecular formula is C36H106O20Si16. The zero-order valence-corrected chi connectivity index (χ0v) is 64.4. The number of hydrogen-bond donors (Lipinski definition) is 14. The Morgan fingerprint density at radius 2 is 0.736 bits per heavy atom. The van der Waals surface area contributed by atoms with Gasteiger partial charge in [-0.1, -0.05) is 136 Å². The van der Waals surface area contributed by atoms with Gasteiger partial charge in [0.15, 0.2) is 73.8 Å². The Hall–Kier alpha value is 0.490. The van der Waals surface area contributed by atoms with Crippen LogP contribution in [0.5, 0.6) is 0 Å². The number of unbranched alkanes of at least 4 members (excludes halogenated alkanes) is 9. The van der Waals surface area contributed by atoms with Crippen LogP contribution in [0.15, 0.2) is 12.2 Å². The summed E-state index contributed by atoms with van der Waals surface area (Å²) in [7, 11) is -35.3. The second-order valence-electron chi connectivity index (χ2n) is 18.0. The van der Waals surface area contributed by atoms with Crippen LogP contribution in [0.2, 0.25) is 89.6 Å². The highest BCUT2D eigenvalue weighted by Gasteiger charge is 2.91. The molecule has 0 saturated carbocycles. The first kappa shape index (κ1) is 89.1. The molecule has 4 atom stereocenters. The molecule has 0 aromatic heterocycles. The summed E-state index contributed by atoms with van der Waals surface area (Å²) in [5.74, 6) is 0.855. The maximum absolute atomic E-state index is 11.4. The lowest BCUT2D eigenvalue weighted by Gasteiger charge is -2.23. The standard InChI is InChI=1S/C10H20OSi.3C7H18OSi.C2H8OSi.3CH6OSi.H6O12Si8/c1-12(2,11)9-8-10-6-4-3-5-7-10;3*1-3-4-5-6-7-9(2)8;1-4(2)3;3*1-3-2;1-13(2)19(14(3)4,15(5)6)20(16(7)8,17(9)10)18(11)12/h3-4,10-11H,5-9H2,1-2H3;3*8-9H,3-7H2,1-2H3;3-4H,1-2H3;3*2H,3H2,1H3;1,3,5,7,9,11H. The van der Waals surface area contributed by atoms with Crippen LogP contribution in [0.25, 0.3) is 0 Å². The second kappa shape index (κ2) is 60.7. The molecule has 0 bridgehead atoms. The molecule has 72 heavy (non-hydrogen) atoms. The molecule has 0 aliphatic heterocycles. The molecule has 1 rings (SSSR count). The molecule has 0 spiro atoms. The highest BCUT2D eigenvalue weighted by Crippen LogP contribution is 2.25. The average Bonchev–Trinajstić information content (AvgIpc) is 3.24. The van der Waals surface area contributed by atoms with Crippen LogP contribution in [-0.2, 0) is 26.8 Å². The Morgan fingerprint density at radius 1 is 0.500 bits per heavy atom. The van der Waals surface area contributed by atoms with Crippen LogP contribution >= 0.6 is 0 Å². The number of hydrogen-bond acceptors (Lipinski definition) is 14. The van der Waals surface area contributed by atoms with Crippen molar-refractivity contribution in [1.82, 2.24) is 0 Å². The zero-order valence-electron chi connectivity index (χ0n) is 46.5. The lowest BCUT2D eigenvalue weighted by Crippen LogP contribution is -2.91. The molecule has 0 aromatic rings. The molecule has 0 aromatic carbocycles. The van der Waals surface area contributed by atoms with Crippen molar-refractivity contribution in [3.05, 3.63) is 12.2 Å². The number of rotatable bonds is 25. The topological polar surface area (TPSA) is 386 Å². The van der Waals surface area contributed by atoms with Crippen LogP contribution in [0.4, 0.5) is 0 Å². The molecule has 1 aliphatic carbocycles. The quantitative estimate of drug-likeness (QED) is 0.0292. The average molecular weight is 1310 g/mol. The van der Waals surface area contributed by atoms with E-state index in [-0.39, 0.29) is 0 Å². The van der Waals surface area contributed by atoms with Crippen LogP contribution < -0.4 is 0 Å². The van der Waals surface area contributed by atoms with Crippen molar-refractivity contribution in [2.75, 3.05) is 0 Å². The molecule has 0 saturated heterocycles. The van der Waals surface area contributed by atoms with E-state index in [1.807, 2.05) is 65.5 Å². The van der Waals surface area contributed by atoms with Gasteiger partial charge in [0.2, 0.25) is 0 Å². The Balaban J connectivity index is -0.000000115. The van der Waals surface area contributed by atoms with Gasteiger partial charge in [0.05, 0.1) is 0 Å². The third kappa shape index (κ3) is 56.7. The van der Waals surface area contributed by atoms with Gasteiger partial charge in [-0.15, -0.1) is 0 Å². The van der Waals surface area contributed by atoms with Gasteiger partial charge in [-0.25, -0.2) is 0 Å². The van der Waals surface area contributed by atoms with E-state index in [9.17, 15) is 31.6 Å². The van der Waals surface area contributed by atoms with Gasteiger partial charge in [-0.3, -0.25) is 0 Å². The normalized spacial score (nSPS) is 14.1. The summed E-state index contributed by atoms with van der Waals surface area (Å²) >= 11 is 0. The third-order valence-electron chi connectivity index (χ3n) is 9.46. The summed E-state index contributed by atoms with van der Waals surface area (Å²) in [4.78, 5) is 123. The van der Waals surface area contributed by atoms with Crippen molar-refractivity contribution in [2.45, 2.75) is 213 Å². The molecule has 4 unspecified atom stereocenters. The van der Waals surface area contributed by atoms with E-state index in [4.69, 9.17) is 62.3 Å². The summed E-state index contributed by atoms with van der Waals surface area (Å²) in [5, 5.41) is 0. The van der Waals surface area contributed by atoms with Gasteiger partial charge in [0.25, 0.3) is 0 Å². The summed E-state index contributed by atoms with van der Waals surface area (Å²) in [6.45, 7) is 25.8. The molecule has 0 heterocycles. The van der Waals surface area contributed by atoms with Crippen molar-refractivity contribution >= 4 is 137 Å². The zero-order chi connectivity index (χ0) is 58.5. The fraction of sp³-hybridized carbons (Fsp3) is 0.944. The minimum absolute atomic E-state index is 0.583. The summed E-state index contributed by atoms with van der Waals surface area (Å²) in [5.41, 5.74) is 0. The van der Waals surface area contributed by atoms with Crippen molar-refractivity contribution in [1.29, 1.82) is 0 Å². The van der Waals surface area contributed by atoms with Crippen LogP contribution in [0.3, 0.4) is 0 Å². The number of allylic oxidation sites excluding steroid dienone is 2. The predicted octanol–water partition coefficient (Wildman–Crippen LogP) is -1.14. The van der Waals surface area contributed by atoms with Crippen LogP contribution in [0.1, 0.15) is 124 Å². The van der Waals surface area contributed by atoms with Crippen molar-refractivity contribution < 1.29 is 93.9 Å². The van der Waals surface area contributed by atoms with E-state index in [0.717, 1.165) is 30.1 Å². The lowest BCUT2D eigenvalue weighted by molar-refractivity contribution is 0.439. The SMILES string of the molecule is CCCCCC[SiH](C)O.CCCCCC[SiH](C)O.CCCCCC[SiH](C)O.C[SiH2]O.C[SiH2]O.C[SiH2]O.C[SiH](C)O.C[Si](C)(O)CCC1CC=CCC1.O=[Si](O)[Si]([Si](=O)O)([Si](=O)O)[Si]([Si](=O)O)([Si](=O)O)[Si](=O)O. The Morgan fingerprint density at radius 3 is 0.889 bits per heavy atom. The first-order chi connectivity index (χ1) is 33.3. The fourth-order valence-electron chi connectivity index (χ4n) is 5.79. The minimum Gasteiger partial charge on any atom is -0.542 e. The monoisotopic (exact) mass is 1310 g/mol. The smallest absolute Gasteiger partial charge is 0.483 e. The molecular weight excluding hydrogens is 1200 g/mol. The summed E-state index contributed by atoms with van der Waals surface area (Å²) < 4.78 is 68.3. The van der Waals surface area contributed by atoms with Crippen molar-refractivity contribution in [3.8, 4) is 0 Å². The van der Waals surface area contributed by atoms with Crippen LogP contribution in [0, 0.1) is 5.92 Å². The Bertz CT molecular complexity index is 1170. The molecule has 36 heteroatoms. The molecule has 14 N–H and O–H groups in total. The molecule has 1 aliphatic rings. The van der Waals surface area contributed by atoms with Gasteiger partial charge >= 0.3 is 63.0 Å². The van der Waals surface area contributed by atoms with Crippen molar-refractivity contribution in [3.63, 3.8) is 0 Å². The Kier molecular flexibility index (Phi) is 75.1. The van der Waals surface area contributed by atoms with E-state index < -0.39 is 137 Å². The minimum atomic E-state index is -5.60. The lowest BCUT2D eigenvalue weighted by atomic mass is 9.92. The highest BCUT2D eigenvalue weighted by atomic mass is 30.4. The maximum atomic E-state index is 11.4. The largest absolute Gasteiger partial charge is 0.542 e. The maximum Gasteiger partial charge on any atom is 0.483 e. The predicted molar refractivity (Wildman–Crippen MR) is 323 cm³/mol. The molecule has 0 radical (unpaired) electrons. The first-order valence-corrected chi connectivity index (χ1v) is 64.3. The van der Waals surface area contributed by atoms with E-state index in [1.54, 1.807) is 0 Å². The van der Waals surface area contributed by atoms with Gasteiger partial charge in [-0.2, -0.15) is 0 Å². The highest BCUT2D eigenvalue weighted by molar-refractivity contribution is 8.14.